The maximum Gasteiger partial charge on any atom is 0.110 e. The highest BCUT2D eigenvalue weighted by molar-refractivity contribution is 4.89. The molecule has 0 aromatic carbocycles. The van der Waals surface area contributed by atoms with Crippen molar-refractivity contribution in [3.63, 3.8) is 0 Å². The minimum absolute atomic E-state index is 0.603. The van der Waals surface area contributed by atoms with Crippen molar-refractivity contribution in [1.82, 2.24) is 53.9 Å². The molecule has 66 heavy (non-hydrogen) atoms. The summed E-state index contributed by atoms with van der Waals surface area (Å²) in [5.74, 6) is 0. The van der Waals surface area contributed by atoms with Gasteiger partial charge in [-0.1, -0.05) is 13.3 Å². The van der Waals surface area contributed by atoms with Crippen LogP contribution < -0.4 is 0 Å². The first kappa shape index (κ1) is 58.1. The molecule has 390 valence electrons. The Labute approximate surface area is 410 Å². The summed E-state index contributed by atoms with van der Waals surface area (Å²) in [6, 6.07) is 6.36. The molecule has 8 aliphatic rings. The summed E-state index contributed by atoms with van der Waals surface area (Å²) in [6.07, 6.45) is 10.7. The number of likely N-dealkylation sites (tertiary alicyclic amines) is 1. The molecule has 2 aliphatic carbocycles. The molecule has 1 unspecified atom stereocenters. The summed E-state index contributed by atoms with van der Waals surface area (Å²) in [7, 11) is 2.23. The molecule has 0 radical (unpaired) electrons. The zero-order chi connectivity index (χ0) is 48.2. The van der Waals surface area contributed by atoms with E-state index in [-0.39, 0.29) is 0 Å². The lowest BCUT2D eigenvalue weighted by Crippen LogP contribution is -2.53. The molecule has 0 amide bonds. The number of rotatable bonds is 12. The second-order valence-electron chi connectivity index (χ2n) is 23.0. The molecule has 0 bridgehead atoms. The summed E-state index contributed by atoms with van der Waals surface area (Å²) in [5.41, 5.74) is 0. The minimum Gasteiger partial charge on any atom is -0.304 e. The zero-order valence-corrected chi connectivity index (χ0v) is 46.1. The molecule has 0 aromatic heterocycles. The van der Waals surface area contributed by atoms with E-state index in [0.717, 1.165) is 68.5 Å². The van der Waals surface area contributed by atoms with Crippen molar-refractivity contribution in [3.05, 3.63) is 0 Å². The van der Waals surface area contributed by atoms with Crippen molar-refractivity contribution >= 4 is 0 Å². The minimum atomic E-state index is -0.689. The molecule has 0 aromatic rings. The SMILES string of the molecule is CC(C)N1CCC(N2CCN(C)CC2)CC1.CC(C)N1CCN(C2CC2)CC1.CC(C)N1CCN(C2CCC2)CC1.CC(F)CN1CCN(C(C)C)CC1.CCCN1CCN(C(C)C)CC1. The maximum atomic E-state index is 12.7. The lowest BCUT2D eigenvalue weighted by molar-refractivity contribution is 0.0494. The van der Waals surface area contributed by atoms with Gasteiger partial charge in [-0.05, 0) is 148 Å². The van der Waals surface area contributed by atoms with Crippen molar-refractivity contribution in [1.29, 1.82) is 0 Å². The van der Waals surface area contributed by atoms with Crippen LogP contribution >= 0.6 is 0 Å². The summed E-state index contributed by atoms with van der Waals surface area (Å²) in [6.45, 7) is 55.9. The largest absolute Gasteiger partial charge is 0.304 e. The summed E-state index contributed by atoms with van der Waals surface area (Å²) >= 11 is 0. The molecule has 8 rings (SSSR count). The smallest absolute Gasteiger partial charge is 0.110 e. The fourth-order valence-electron chi connectivity index (χ4n) is 11.0. The zero-order valence-electron chi connectivity index (χ0n) is 46.1. The molecule has 0 N–H and O–H groups in total. The molecule has 6 aliphatic heterocycles. The molecule has 12 heteroatoms. The lowest BCUT2D eigenvalue weighted by atomic mass is 9.91. The Hall–Kier alpha value is -0.510. The Kier molecular flexibility index (Phi) is 27.3. The van der Waals surface area contributed by atoms with Crippen LogP contribution in [0.25, 0.3) is 0 Å². The Morgan fingerprint density at radius 2 is 0.667 bits per heavy atom. The molecule has 6 saturated heterocycles. The molecule has 11 nitrogen and oxygen atoms in total. The van der Waals surface area contributed by atoms with Crippen LogP contribution in [0.1, 0.15) is 134 Å². The van der Waals surface area contributed by atoms with Crippen LogP contribution in [0.5, 0.6) is 0 Å². The van der Waals surface area contributed by atoms with Crippen LogP contribution in [0.4, 0.5) is 4.39 Å². The second kappa shape index (κ2) is 31.1. The van der Waals surface area contributed by atoms with Gasteiger partial charge in [-0.15, -0.1) is 0 Å². The predicted molar refractivity (Wildman–Crippen MR) is 283 cm³/mol. The third kappa shape index (κ3) is 21.5. The fraction of sp³-hybridized carbons (Fsp3) is 1.00. The highest BCUT2D eigenvalue weighted by atomic mass is 19.1. The van der Waals surface area contributed by atoms with Gasteiger partial charge in [0.05, 0.1) is 0 Å². The van der Waals surface area contributed by atoms with Gasteiger partial charge in [0.1, 0.15) is 6.17 Å². The van der Waals surface area contributed by atoms with E-state index in [4.69, 9.17) is 0 Å². The highest BCUT2D eigenvalue weighted by Gasteiger charge is 2.32. The van der Waals surface area contributed by atoms with E-state index in [9.17, 15) is 4.39 Å². The standard InChI is InChI=1S/C13H27N3.C11H22N2.C10H21FN2.C10H20N2.C10H22N2/c1-12(2)15-6-4-13(5-7-15)16-10-8-14(3)9-11-16;1-10(2)12-6-8-13(9-7-12)11-4-3-5-11;1-9(2)13-6-4-12(5-7-13)8-10(3)11;1-9(2)11-5-7-12(8-6-11)10-3-4-10;1-4-5-11-6-8-12(9-7-11)10(2)3/h12-13H,4-11H2,1-3H3;10-11H,3-9H2,1-2H3;9-10H,4-8H2,1-3H3;9-10H,3-8H2,1-2H3;10H,4-9H2,1-3H3. The van der Waals surface area contributed by atoms with Gasteiger partial charge in [0.2, 0.25) is 0 Å². The average molecular weight is 935 g/mol. The van der Waals surface area contributed by atoms with Crippen molar-refractivity contribution in [2.75, 3.05) is 164 Å². The van der Waals surface area contributed by atoms with Gasteiger partial charge in [0.15, 0.2) is 0 Å². The summed E-state index contributed by atoms with van der Waals surface area (Å²) in [4.78, 5) is 28.1. The second-order valence-corrected chi connectivity index (χ2v) is 23.0. The van der Waals surface area contributed by atoms with Gasteiger partial charge in [-0.3, -0.25) is 39.2 Å². The van der Waals surface area contributed by atoms with E-state index in [0.29, 0.717) is 12.6 Å². The number of nitrogens with zero attached hydrogens (tertiary/aromatic N) is 11. The van der Waals surface area contributed by atoms with Crippen molar-refractivity contribution in [2.24, 2.45) is 0 Å². The van der Waals surface area contributed by atoms with Crippen LogP contribution in [0.15, 0.2) is 0 Å². The Morgan fingerprint density at radius 3 is 0.970 bits per heavy atom. The first-order valence-corrected chi connectivity index (χ1v) is 28.2. The van der Waals surface area contributed by atoms with E-state index >= 15 is 0 Å². The van der Waals surface area contributed by atoms with Crippen LogP contribution in [-0.4, -0.2) is 273 Å². The Balaban J connectivity index is 0.000000181. The number of halogens is 1. The van der Waals surface area contributed by atoms with E-state index in [1.807, 2.05) is 0 Å². The van der Waals surface area contributed by atoms with Gasteiger partial charge in [0.25, 0.3) is 0 Å². The third-order valence-electron chi connectivity index (χ3n) is 16.4. The molecule has 0 spiro atoms. The number of piperidine rings is 1. The lowest BCUT2D eigenvalue weighted by Gasteiger charge is -2.44. The maximum absolute atomic E-state index is 12.7. The van der Waals surface area contributed by atoms with Crippen LogP contribution in [0, 0.1) is 0 Å². The fourth-order valence-corrected chi connectivity index (χ4v) is 11.0. The average Bonchev–Trinajstić information content (AvgIpc) is 4.14. The van der Waals surface area contributed by atoms with E-state index in [1.54, 1.807) is 6.92 Å². The Morgan fingerprint density at radius 1 is 0.364 bits per heavy atom. The van der Waals surface area contributed by atoms with E-state index in [2.05, 4.69) is 137 Å². The number of likely N-dealkylation sites (N-methyl/N-ethyl adjacent to an activating group) is 1. The highest BCUT2D eigenvalue weighted by Crippen LogP contribution is 2.28. The van der Waals surface area contributed by atoms with Crippen molar-refractivity contribution < 1.29 is 4.39 Å². The summed E-state index contributed by atoms with van der Waals surface area (Å²) in [5, 5.41) is 0. The van der Waals surface area contributed by atoms with Crippen molar-refractivity contribution in [2.45, 2.75) is 189 Å². The molecular weight excluding hydrogens is 822 g/mol. The van der Waals surface area contributed by atoms with Gasteiger partial charge < -0.3 is 14.7 Å². The monoisotopic (exact) mass is 934 g/mol. The van der Waals surface area contributed by atoms with E-state index < -0.39 is 6.17 Å². The molecule has 1 atom stereocenters. The summed E-state index contributed by atoms with van der Waals surface area (Å²) < 4.78 is 12.7. The van der Waals surface area contributed by atoms with Gasteiger partial charge in [0, 0.05) is 186 Å². The number of piperazine rings is 5. The van der Waals surface area contributed by atoms with Gasteiger partial charge in [-0.2, -0.15) is 0 Å². The number of alkyl halides is 1. The number of hydrogen-bond acceptors (Lipinski definition) is 11. The quantitative estimate of drug-likeness (QED) is 0.212. The van der Waals surface area contributed by atoms with Crippen LogP contribution in [0.3, 0.4) is 0 Å². The van der Waals surface area contributed by atoms with Gasteiger partial charge >= 0.3 is 0 Å². The topological polar surface area (TPSA) is 35.6 Å². The first-order valence-electron chi connectivity index (χ1n) is 28.2. The molecular formula is C54H112FN11. The first-order chi connectivity index (χ1) is 31.5. The Bertz CT molecular complexity index is 1170. The molecule has 8 fully saturated rings. The van der Waals surface area contributed by atoms with Crippen LogP contribution in [0.2, 0.25) is 0 Å². The van der Waals surface area contributed by atoms with Crippen molar-refractivity contribution in [3.8, 4) is 0 Å². The normalized spacial score (nSPS) is 26.0. The van der Waals surface area contributed by atoms with Gasteiger partial charge in [-0.25, -0.2) is 4.39 Å². The third-order valence-corrected chi connectivity index (χ3v) is 16.4. The molecule has 6 heterocycles. The molecule has 2 saturated carbocycles. The number of hydrogen-bond donors (Lipinski definition) is 0. The van der Waals surface area contributed by atoms with Crippen LogP contribution in [-0.2, 0) is 0 Å². The van der Waals surface area contributed by atoms with E-state index in [1.165, 1.54) is 176 Å². The predicted octanol–water partition coefficient (Wildman–Crippen LogP) is 6.64.